The standard InChI is InChI=1S/C15H21ClN2O2.ClH/c1-10(11-2-4-13(16)5-3-11)18-15(19)14(17)12-6-8-20-9-7-12;/h2-5,10,12,14H,6-9,17H2,1H3,(H,18,19);1H. The summed E-state index contributed by atoms with van der Waals surface area (Å²) >= 11 is 5.85. The highest BCUT2D eigenvalue weighted by Crippen LogP contribution is 2.20. The van der Waals surface area contributed by atoms with Crippen molar-refractivity contribution < 1.29 is 9.53 Å². The summed E-state index contributed by atoms with van der Waals surface area (Å²) < 4.78 is 5.29. The number of amides is 1. The van der Waals surface area contributed by atoms with Crippen molar-refractivity contribution in [2.75, 3.05) is 13.2 Å². The Morgan fingerprint density at radius 1 is 1.33 bits per heavy atom. The maximum Gasteiger partial charge on any atom is 0.237 e. The fraction of sp³-hybridized carbons (Fsp3) is 0.533. The van der Waals surface area contributed by atoms with Crippen LogP contribution in [-0.4, -0.2) is 25.2 Å². The molecule has 1 fully saturated rings. The second-order valence-electron chi connectivity index (χ2n) is 5.26. The summed E-state index contributed by atoms with van der Waals surface area (Å²) in [5.41, 5.74) is 7.07. The molecule has 4 nitrogen and oxygen atoms in total. The maximum atomic E-state index is 12.2. The van der Waals surface area contributed by atoms with E-state index < -0.39 is 6.04 Å². The van der Waals surface area contributed by atoms with Crippen molar-refractivity contribution >= 4 is 29.9 Å². The molecule has 118 valence electrons. The molecule has 2 unspecified atom stereocenters. The van der Waals surface area contributed by atoms with Gasteiger partial charge in [-0.15, -0.1) is 12.4 Å². The van der Waals surface area contributed by atoms with Crippen LogP contribution in [-0.2, 0) is 9.53 Å². The predicted molar refractivity (Wildman–Crippen MR) is 86.8 cm³/mol. The number of nitrogens with two attached hydrogens (primary N) is 1. The van der Waals surface area contributed by atoms with Gasteiger partial charge in [-0.3, -0.25) is 4.79 Å². The molecule has 21 heavy (non-hydrogen) atoms. The monoisotopic (exact) mass is 332 g/mol. The molecule has 0 saturated carbocycles. The van der Waals surface area contributed by atoms with Gasteiger partial charge < -0.3 is 15.8 Å². The molecule has 1 aliphatic heterocycles. The van der Waals surface area contributed by atoms with Crippen LogP contribution >= 0.6 is 24.0 Å². The Labute approximate surface area is 136 Å². The van der Waals surface area contributed by atoms with Gasteiger partial charge in [-0.1, -0.05) is 23.7 Å². The molecule has 1 aliphatic rings. The molecule has 6 heteroatoms. The minimum absolute atomic E-state index is 0. The highest BCUT2D eigenvalue weighted by atomic mass is 35.5. The first-order valence-corrected chi connectivity index (χ1v) is 7.35. The molecular formula is C15H22Cl2N2O2. The SMILES string of the molecule is CC(NC(=O)C(N)C1CCOCC1)c1ccc(Cl)cc1.Cl. The van der Waals surface area contributed by atoms with E-state index in [0.29, 0.717) is 18.2 Å². The summed E-state index contributed by atoms with van der Waals surface area (Å²) in [4.78, 5) is 12.2. The molecule has 1 saturated heterocycles. The fourth-order valence-corrected chi connectivity index (χ4v) is 2.56. The number of benzene rings is 1. The maximum absolute atomic E-state index is 12.2. The topological polar surface area (TPSA) is 64.4 Å². The second kappa shape index (κ2) is 8.59. The molecule has 0 spiro atoms. The van der Waals surface area contributed by atoms with E-state index >= 15 is 0 Å². The highest BCUT2D eigenvalue weighted by Gasteiger charge is 2.27. The van der Waals surface area contributed by atoms with Gasteiger partial charge in [0.25, 0.3) is 0 Å². The minimum Gasteiger partial charge on any atom is -0.381 e. The van der Waals surface area contributed by atoms with Gasteiger partial charge >= 0.3 is 0 Å². The zero-order chi connectivity index (χ0) is 14.5. The Balaban J connectivity index is 0.00000220. The van der Waals surface area contributed by atoms with Gasteiger partial charge in [-0.2, -0.15) is 0 Å². The van der Waals surface area contributed by atoms with Crippen LogP contribution in [0.15, 0.2) is 24.3 Å². The van der Waals surface area contributed by atoms with E-state index in [1.807, 2.05) is 31.2 Å². The highest BCUT2D eigenvalue weighted by molar-refractivity contribution is 6.30. The van der Waals surface area contributed by atoms with E-state index in [0.717, 1.165) is 18.4 Å². The van der Waals surface area contributed by atoms with E-state index in [2.05, 4.69) is 5.32 Å². The smallest absolute Gasteiger partial charge is 0.237 e. The average molecular weight is 333 g/mol. The molecule has 1 aromatic carbocycles. The molecule has 3 N–H and O–H groups in total. The van der Waals surface area contributed by atoms with E-state index in [9.17, 15) is 4.79 Å². The van der Waals surface area contributed by atoms with E-state index in [-0.39, 0.29) is 30.3 Å². The third-order valence-electron chi connectivity index (χ3n) is 3.81. The van der Waals surface area contributed by atoms with E-state index in [4.69, 9.17) is 22.1 Å². The molecule has 0 radical (unpaired) electrons. The van der Waals surface area contributed by atoms with Gasteiger partial charge in [0, 0.05) is 18.2 Å². The lowest BCUT2D eigenvalue weighted by molar-refractivity contribution is -0.125. The summed E-state index contributed by atoms with van der Waals surface area (Å²) in [6, 6.07) is 6.91. The number of halogens is 2. The van der Waals surface area contributed by atoms with Gasteiger partial charge in [0.2, 0.25) is 5.91 Å². The molecule has 2 rings (SSSR count). The molecule has 0 bridgehead atoms. The van der Waals surface area contributed by atoms with Gasteiger partial charge in [-0.05, 0) is 43.4 Å². The lowest BCUT2D eigenvalue weighted by Crippen LogP contribution is -2.47. The third kappa shape index (κ3) is 5.15. The largest absolute Gasteiger partial charge is 0.381 e. The van der Waals surface area contributed by atoms with Crippen LogP contribution < -0.4 is 11.1 Å². The minimum atomic E-state index is -0.464. The molecule has 2 atom stereocenters. The van der Waals surface area contributed by atoms with E-state index in [1.165, 1.54) is 0 Å². The normalized spacial score (nSPS) is 18.4. The van der Waals surface area contributed by atoms with Crippen molar-refractivity contribution in [3.05, 3.63) is 34.9 Å². The van der Waals surface area contributed by atoms with Crippen molar-refractivity contribution in [1.29, 1.82) is 0 Å². The van der Waals surface area contributed by atoms with Crippen LogP contribution in [0, 0.1) is 5.92 Å². The van der Waals surface area contributed by atoms with Crippen molar-refractivity contribution in [3.63, 3.8) is 0 Å². The van der Waals surface area contributed by atoms with Crippen LogP contribution in [0.5, 0.6) is 0 Å². The molecule has 1 amide bonds. The number of ether oxygens (including phenoxy) is 1. The average Bonchev–Trinajstić information content (AvgIpc) is 2.48. The quantitative estimate of drug-likeness (QED) is 0.890. The number of hydrogen-bond donors (Lipinski definition) is 2. The summed E-state index contributed by atoms with van der Waals surface area (Å²) in [6.07, 6.45) is 1.70. The molecule has 1 heterocycles. The first-order chi connectivity index (χ1) is 9.58. The van der Waals surface area contributed by atoms with Gasteiger partial charge in [0.15, 0.2) is 0 Å². The Morgan fingerprint density at radius 3 is 2.48 bits per heavy atom. The number of rotatable bonds is 4. The molecule has 1 aromatic rings. The van der Waals surface area contributed by atoms with Gasteiger partial charge in [0.05, 0.1) is 12.1 Å². The predicted octanol–water partition coefficient (Wildman–Crippen LogP) is 2.69. The lowest BCUT2D eigenvalue weighted by Gasteiger charge is -2.27. The Kier molecular flexibility index (Phi) is 7.46. The van der Waals surface area contributed by atoms with Gasteiger partial charge in [0.1, 0.15) is 0 Å². The first kappa shape index (κ1) is 18.2. The fourth-order valence-electron chi connectivity index (χ4n) is 2.43. The third-order valence-corrected chi connectivity index (χ3v) is 4.06. The van der Waals surface area contributed by atoms with Crippen LogP contribution in [0.1, 0.15) is 31.4 Å². The summed E-state index contributed by atoms with van der Waals surface area (Å²) in [5.74, 6) is 0.112. The zero-order valence-corrected chi connectivity index (χ0v) is 13.6. The van der Waals surface area contributed by atoms with Crippen molar-refractivity contribution in [3.8, 4) is 0 Å². The number of carbonyl (C=O) groups is 1. The Hall–Kier alpha value is -0.810. The van der Waals surface area contributed by atoms with Crippen LogP contribution in [0.25, 0.3) is 0 Å². The number of hydrogen-bond acceptors (Lipinski definition) is 3. The number of carbonyl (C=O) groups excluding carboxylic acids is 1. The summed E-state index contributed by atoms with van der Waals surface area (Å²) in [6.45, 7) is 3.33. The van der Waals surface area contributed by atoms with Crippen molar-refractivity contribution in [2.45, 2.75) is 31.8 Å². The van der Waals surface area contributed by atoms with Crippen molar-refractivity contribution in [2.24, 2.45) is 11.7 Å². The summed E-state index contributed by atoms with van der Waals surface area (Å²) in [5, 5.41) is 3.65. The van der Waals surface area contributed by atoms with E-state index in [1.54, 1.807) is 0 Å². The number of nitrogens with one attached hydrogen (secondary N) is 1. The lowest BCUT2D eigenvalue weighted by atomic mass is 9.91. The molecule has 0 aliphatic carbocycles. The van der Waals surface area contributed by atoms with Crippen LogP contribution in [0.2, 0.25) is 5.02 Å². The Bertz CT molecular complexity index is 447. The van der Waals surface area contributed by atoms with Gasteiger partial charge in [-0.25, -0.2) is 0 Å². The molecular weight excluding hydrogens is 311 g/mol. The van der Waals surface area contributed by atoms with Crippen LogP contribution in [0.4, 0.5) is 0 Å². The second-order valence-corrected chi connectivity index (χ2v) is 5.69. The van der Waals surface area contributed by atoms with Crippen molar-refractivity contribution in [1.82, 2.24) is 5.32 Å². The molecule has 0 aromatic heterocycles. The first-order valence-electron chi connectivity index (χ1n) is 6.97. The summed E-state index contributed by atoms with van der Waals surface area (Å²) in [7, 11) is 0. The zero-order valence-electron chi connectivity index (χ0n) is 12.0. The van der Waals surface area contributed by atoms with Crippen LogP contribution in [0.3, 0.4) is 0 Å². The Morgan fingerprint density at radius 2 is 1.90 bits per heavy atom.